The van der Waals surface area contributed by atoms with Crippen molar-refractivity contribution in [3.8, 4) is 0 Å². The van der Waals surface area contributed by atoms with Gasteiger partial charge >= 0.3 is 0 Å². The first kappa shape index (κ1) is 20.4. The molecule has 6 heteroatoms. The quantitative estimate of drug-likeness (QED) is 0.653. The first-order valence-corrected chi connectivity index (χ1v) is 9.36. The maximum atomic E-state index is 10.3. The van der Waals surface area contributed by atoms with Gasteiger partial charge in [-0.1, -0.05) is 13.8 Å². The van der Waals surface area contributed by atoms with Gasteiger partial charge in [-0.05, 0) is 25.0 Å². The Kier molecular flexibility index (Phi) is 8.92. The van der Waals surface area contributed by atoms with Crippen LogP contribution in [0, 0.1) is 12.8 Å². The van der Waals surface area contributed by atoms with Gasteiger partial charge < -0.3 is 19.0 Å². The molecule has 0 aromatic carbocycles. The van der Waals surface area contributed by atoms with Gasteiger partial charge in [0.1, 0.15) is 11.5 Å². The van der Waals surface area contributed by atoms with Crippen LogP contribution >= 0.6 is 0 Å². The summed E-state index contributed by atoms with van der Waals surface area (Å²) in [7, 11) is 0. The summed E-state index contributed by atoms with van der Waals surface area (Å²) in [5, 5.41) is 10.3. The number of hydrogen-bond donors (Lipinski definition) is 1. The number of aliphatic hydroxyl groups excluding tert-OH is 1. The highest BCUT2D eigenvalue weighted by atomic mass is 16.5. The standard InChI is InChI=1S/C19H34N2O4/c1-16(2)14-24-15-18(22)12-21(13-19-5-4-17(3)25-19)7-6-20-8-10-23-11-9-20/h4-5,16,18,22H,6-15H2,1-3H3/t18-/m1/s1. The molecule has 1 aliphatic heterocycles. The average Bonchev–Trinajstić information content (AvgIpc) is 2.98. The second-order valence-corrected chi connectivity index (χ2v) is 7.29. The first-order chi connectivity index (χ1) is 12.0. The van der Waals surface area contributed by atoms with Crippen LogP contribution in [0.3, 0.4) is 0 Å². The maximum absolute atomic E-state index is 10.3. The predicted molar refractivity (Wildman–Crippen MR) is 97.6 cm³/mol. The van der Waals surface area contributed by atoms with E-state index in [2.05, 4.69) is 23.6 Å². The molecule has 1 aromatic heterocycles. The molecule has 0 aliphatic carbocycles. The molecule has 1 saturated heterocycles. The summed E-state index contributed by atoms with van der Waals surface area (Å²) in [6, 6.07) is 4.00. The highest BCUT2D eigenvalue weighted by molar-refractivity contribution is 5.05. The molecule has 1 atom stereocenters. The lowest BCUT2D eigenvalue weighted by molar-refractivity contribution is -0.0000537. The fourth-order valence-electron chi connectivity index (χ4n) is 2.92. The SMILES string of the molecule is Cc1ccc(CN(CCN2CCOCC2)C[C@@H](O)COCC(C)C)o1. The lowest BCUT2D eigenvalue weighted by Gasteiger charge is -2.30. The monoisotopic (exact) mass is 354 g/mol. The van der Waals surface area contributed by atoms with E-state index < -0.39 is 6.10 Å². The van der Waals surface area contributed by atoms with Crippen LogP contribution in [0.4, 0.5) is 0 Å². The van der Waals surface area contributed by atoms with Crippen molar-refractivity contribution in [3.63, 3.8) is 0 Å². The number of ether oxygens (including phenoxy) is 2. The largest absolute Gasteiger partial charge is 0.465 e. The minimum atomic E-state index is -0.487. The molecule has 0 saturated carbocycles. The Labute approximate surface area is 151 Å². The Morgan fingerprint density at radius 2 is 2.00 bits per heavy atom. The van der Waals surface area contributed by atoms with Crippen molar-refractivity contribution in [1.82, 2.24) is 9.80 Å². The van der Waals surface area contributed by atoms with Gasteiger partial charge in [0, 0.05) is 39.3 Å². The van der Waals surface area contributed by atoms with Gasteiger partial charge in [-0.2, -0.15) is 0 Å². The second kappa shape index (κ2) is 10.9. The summed E-state index contributed by atoms with van der Waals surface area (Å²) in [6.45, 7) is 14.0. The van der Waals surface area contributed by atoms with Crippen molar-refractivity contribution in [2.24, 2.45) is 5.92 Å². The van der Waals surface area contributed by atoms with E-state index >= 15 is 0 Å². The van der Waals surface area contributed by atoms with Gasteiger partial charge in [0.2, 0.25) is 0 Å². The van der Waals surface area contributed by atoms with E-state index in [4.69, 9.17) is 13.9 Å². The third kappa shape index (κ3) is 8.33. The van der Waals surface area contributed by atoms with Crippen LogP contribution < -0.4 is 0 Å². The summed E-state index contributed by atoms with van der Waals surface area (Å²) in [4.78, 5) is 4.66. The molecule has 2 heterocycles. The molecule has 1 aromatic rings. The fourth-order valence-corrected chi connectivity index (χ4v) is 2.92. The van der Waals surface area contributed by atoms with E-state index in [0.717, 1.165) is 50.9 Å². The molecule has 25 heavy (non-hydrogen) atoms. The van der Waals surface area contributed by atoms with Crippen molar-refractivity contribution < 1.29 is 19.0 Å². The minimum Gasteiger partial charge on any atom is -0.465 e. The third-order valence-corrected chi connectivity index (χ3v) is 4.24. The minimum absolute atomic E-state index is 0.378. The van der Waals surface area contributed by atoms with E-state index in [1.807, 2.05) is 19.1 Å². The molecule has 144 valence electrons. The van der Waals surface area contributed by atoms with Crippen molar-refractivity contribution in [2.45, 2.75) is 33.4 Å². The first-order valence-electron chi connectivity index (χ1n) is 9.36. The summed E-state index contributed by atoms with van der Waals surface area (Å²) in [5.74, 6) is 2.34. The Balaban J connectivity index is 1.81. The van der Waals surface area contributed by atoms with E-state index in [-0.39, 0.29) is 0 Å². The molecule has 1 fully saturated rings. The fraction of sp³-hybridized carbons (Fsp3) is 0.789. The van der Waals surface area contributed by atoms with Crippen molar-refractivity contribution >= 4 is 0 Å². The van der Waals surface area contributed by atoms with Gasteiger partial charge in [0.25, 0.3) is 0 Å². The van der Waals surface area contributed by atoms with Gasteiger partial charge in [0.15, 0.2) is 0 Å². The Bertz CT molecular complexity index is 472. The normalized spacial score (nSPS) is 17.5. The highest BCUT2D eigenvalue weighted by Crippen LogP contribution is 2.11. The van der Waals surface area contributed by atoms with Crippen LogP contribution in [0.25, 0.3) is 0 Å². The molecule has 0 unspecified atom stereocenters. The maximum Gasteiger partial charge on any atom is 0.118 e. The third-order valence-electron chi connectivity index (χ3n) is 4.24. The van der Waals surface area contributed by atoms with Gasteiger partial charge in [0.05, 0.1) is 32.5 Å². The number of hydrogen-bond acceptors (Lipinski definition) is 6. The average molecular weight is 354 g/mol. The lowest BCUT2D eigenvalue weighted by atomic mass is 10.2. The summed E-state index contributed by atoms with van der Waals surface area (Å²) < 4.78 is 16.7. The molecule has 0 radical (unpaired) electrons. The molecule has 0 bridgehead atoms. The van der Waals surface area contributed by atoms with Gasteiger partial charge in [-0.25, -0.2) is 0 Å². The Hall–Kier alpha value is -0.920. The zero-order valence-corrected chi connectivity index (χ0v) is 15.9. The molecule has 1 N–H and O–H groups in total. The predicted octanol–water partition coefficient (Wildman–Crippen LogP) is 1.76. The number of furan rings is 1. The summed E-state index contributed by atoms with van der Waals surface area (Å²) >= 11 is 0. The number of rotatable bonds is 11. The van der Waals surface area contributed by atoms with E-state index in [1.165, 1.54) is 0 Å². The highest BCUT2D eigenvalue weighted by Gasteiger charge is 2.17. The van der Waals surface area contributed by atoms with Crippen LogP contribution in [0.5, 0.6) is 0 Å². The zero-order chi connectivity index (χ0) is 18.1. The number of aliphatic hydroxyl groups is 1. The smallest absolute Gasteiger partial charge is 0.118 e. The number of nitrogens with zero attached hydrogens (tertiary/aromatic N) is 2. The van der Waals surface area contributed by atoms with Gasteiger partial charge in [-0.3, -0.25) is 9.80 Å². The molecule has 2 rings (SSSR count). The van der Waals surface area contributed by atoms with Crippen molar-refractivity contribution in [2.75, 3.05) is 59.2 Å². The van der Waals surface area contributed by atoms with E-state index in [1.54, 1.807) is 0 Å². The molecule has 6 nitrogen and oxygen atoms in total. The van der Waals surface area contributed by atoms with E-state index in [9.17, 15) is 5.11 Å². The van der Waals surface area contributed by atoms with Crippen LogP contribution in [-0.2, 0) is 16.0 Å². The van der Waals surface area contributed by atoms with Crippen LogP contribution in [0.2, 0.25) is 0 Å². The zero-order valence-electron chi connectivity index (χ0n) is 15.9. The van der Waals surface area contributed by atoms with Crippen molar-refractivity contribution in [3.05, 3.63) is 23.7 Å². The Morgan fingerprint density at radius 3 is 2.64 bits per heavy atom. The van der Waals surface area contributed by atoms with Crippen LogP contribution in [0.1, 0.15) is 25.4 Å². The molecule has 1 aliphatic rings. The molecular formula is C19H34N2O4. The van der Waals surface area contributed by atoms with Crippen LogP contribution in [0.15, 0.2) is 16.5 Å². The van der Waals surface area contributed by atoms with Gasteiger partial charge in [-0.15, -0.1) is 0 Å². The summed E-state index contributed by atoms with van der Waals surface area (Å²) in [5.41, 5.74) is 0. The molecule has 0 spiro atoms. The van der Waals surface area contributed by atoms with Crippen molar-refractivity contribution in [1.29, 1.82) is 0 Å². The molecular weight excluding hydrogens is 320 g/mol. The van der Waals surface area contributed by atoms with Crippen LogP contribution in [-0.4, -0.2) is 80.2 Å². The number of aryl methyl sites for hydroxylation is 1. The topological polar surface area (TPSA) is 58.3 Å². The Morgan fingerprint density at radius 1 is 1.24 bits per heavy atom. The second-order valence-electron chi connectivity index (χ2n) is 7.29. The van der Waals surface area contributed by atoms with E-state index in [0.29, 0.717) is 32.2 Å². The number of morpholine rings is 1. The lowest BCUT2D eigenvalue weighted by Crippen LogP contribution is -2.43. The summed E-state index contributed by atoms with van der Waals surface area (Å²) in [6.07, 6.45) is -0.487. The molecule has 0 amide bonds.